The predicted molar refractivity (Wildman–Crippen MR) is 65.6 cm³/mol. The van der Waals surface area contributed by atoms with E-state index in [0.717, 1.165) is 4.31 Å². The van der Waals surface area contributed by atoms with Crippen molar-refractivity contribution in [1.29, 1.82) is 0 Å². The van der Waals surface area contributed by atoms with Gasteiger partial charge in [-0.05, 0) is 30.7 Å². The number of phenols is 1. The summed E-state index contributed by atoms with van der Waals surface area (Å²) in [5.74, 6) is -0.601. The first-order valence-electron chi connectivity index (χ1n) is 5.44. The van der Waals surface area contributed by atoms with E-state index in [-0.39, 0.29) is 11.4 Å². The van der Waals surface area contributed by atoms with Gasteiger partial charge in [-0.1, -0.05) is 0 Å². The minimum Gasteiger partial charge on any atom is -0.508 e. The molecule has 0 saturated carbocycles. The molecule has 0 bridgehead atoms. The molecule has 0 radical (unpaired) electrons. The van der Waals surface area contributed by atoms with Crippen molar-refractivity contribution in [2.45, 2.75) is 19.0 Å². The van der Waals surface area contributed by atoms with Crippen LogP contribution >= 0.6 is 0 Å². The summed E-state index contributed by atoms with van der Waals surface area (Å²) in [7, 11) is -2.54. The Labute approximate surface area is 109 Å². The second-order valence-electron chi connectivity index (χ2n) is 4.02. The minimum atomic E-state index is -4.35. The zero-order valence-electron chi connectivity index (χ0n) is 10.2. The molecule has 0 atom stereocenters. The number of phenolic OH excluding ortho intramolecular Hbond substituents is 1. The van der Waals surface area contributed by atoms with Crippen molar-refractivity contribution < 1.29 is 26.7 Å². The molecule has 0 amide bonds. The third-order valence-corrected chi connectivity index (χ3v) is 4.34. The Hall–Kier alpha value is -1.44. The first kappa shape index (κ1) is 15.6. The highest BCUT2D eigenvalue weighted by Crippen LogP contribution is 2.24. The number of anilines is 1. The van der Waals surface area contributed by atoms with E-state index in [0.29, 0.717) is 0 Å². The van der Waals surface area contributed by atoms with Crippen molar-refractivity contribution in [1.82, 2.24) is 0 Å². The summed E-state index contributed by atoms with van der Waals surface area (Å²) in [6, 6.07) is 5.35. The average molecular weight is 297 g/mol. The smallest absolute Gasteiger partial charge is 0.389 e. The molecule has 0 unspecified atom stereocenters. The van der Waals surface area contributed by atoms with Crippen LogP contribution in [-0.2, 0) is 10.0 Å². The van der Waals surface area contributed by atoms with E-state index in [1.165, 1.54) is 31.3 Å². The maximum atomic E-state index is 12.0. The van der Waals surface area contributed by atoms with Gasteiger partial charge in [-0.15, -0.1) is 0 Å². The molecular formula is C11H14F3NO3S. The number of alkyl halides is 3. The molecule has 8 heteroatoms. The van der Waals surface area contributed by atoms with Gasteiger partial charge in [-0.3, -0.25) is 4.31 Å². The number of benzene rings is 1. The molecule has 1 N–H and O–H groups in total. The Morgan fingerprint density at radius 2 is 1.74 bits per heavy atom. The third-order valence-electron chi connectivity index (χ3n) is 2.49. The number of hydrogen-bond acceptors (Lipinski definition) is 3. The van der Waals surface area contributed by atoms with Gasteiger partial charge < -0.3 is 5.11 Å². The Balaban J connectivity index is 2.69. The van der Waals surface area contributed by atoms with Gasteiger partial charge in [-0.25, -0.2) is 8.42 Å². The lowest BCUT2D eigenvalue weighted by molar-refractivity contribution is -0.134. The van der Waals surface area contributed by atoms with Crippen LogP contribution in [0.2, 0.25) is 0 Å². The summed E-state index contributed by atoms with van der Waals surface area (Å²) in [6.07, 6.45) is -5.96. The number of sulfonamides is 1. The highest BCUT2D eigenvalue weighted by atomic mass is 32.2. The van der Waals surface area contributed by atoms with E-state index >= 15 is 0 Å². The monoisotopic (exact) mass is 297 g/mol. The Morgan fingerprint density at radius 3 is 2.21 bits per heavy atom. The molecule has 108 valence electrons. The summed E-state index contributed by atoms with van der Waals surface area (Å²) in [5, 5.41) is 9.08. The van der Waals surface area contributed by atoms with E-state index < -0.39 is 34.8 Å². The lowest BCUT2D eigenvalue weighted by atomic mass is 10.3. The molecule has 0 aliphatic carbocycles. The largest absolute Gasteiger partial charge is 0.508 e. The van der Waals surface area contributed by atoms with Crippen molar-refractivity contribution in [3.63, 3.8) is 0 Å². The van der Waals surface area contributed by atoms with E-state index in [9.17, 15) is 21.6 Å². The maximum absolute atomic E-state index is 12.0. The molecule has 1 aromatic carbocycles. The maximum Gasteiger partial charge on any atom is 0.389 e. The van der Waals surface area contributed by atoms with Gasteiger partial charge >= 0.3 is 6.18 Å². The number of nitrogens with zero attached hydrogens (tertiary/aromatic N) is 1. The van der Waals surface area contributed by atoms with Crippen LogP contribution < -0.4 is 4.31 Å². The number of rotatable bonds is 5. The number of halogens is 3. The van der Waals surface area contributed by atoms with Crippen LogP contribution in [0, 0.1) is 0 Å². The van der Waals surface area contributed by atoms with Crippen LogP contribution in [0.4, 0.5) is 18.9 Å². The van der Waals surface area contributed by atoms with Gasteiger partial charge in [0.25, 0.3) is 0 Å². The van der Waals surface area contributed by atoms with E-state index in [2.05, 4.69) is 0 Å². The highest BCUT2D eigenvalue weighted by molar-refractivity contribution is 7.92. The lowest BCUT2D eigenvalue weighted by Gasteiger charge is -2.19. The van der Waals surface area contributed by atoms with Gasteiger partial charge in [0, 0.05) is 13.5 Å². The summed E-state index contributed by atoms with van der Waals surface area (Å²) >= 11 is 0. The van der Waals surface area contributed by atoms with E-state index in [1.807, 2.05) is 0 Å². The third kappa shape index (κ3) is 4.98. The summed E-state index contributed by atoms with van der Waals surface area (Å²) in [5.41, 5.74) is 0.282. The van der Waals surface area contributed by atoms with Crippen molar-refractivity contribution in [3.8, 4) is 5.75 Å². The molecule has 0 aliphatic heterocycles. The predicted octanol–water partition coefficient (Wildman–Crippen LogP) is 2.50. The zero-order chi connectivity index (χ0) is 14.7. The number of aromatic hydroxyl groups is 1. The lowest BCUT2D eigenvalue weighted by Crippen LogP contribution is -2.29. The van der Waals surface area contributed by atoms with Gasteiger partial charge in [0.2, 0.25) is 10.0 Å². The highest BCUT2D eigenvalue weighted by Gasteiger charge is 2.28. The zero-order valence-corrected chi connectivity index (χ0v) is 11.0. The van der Waals surface area contributed by atoms with Gasteiger partial charge in [0.15, 0.2) is 0 Å². The minimum absolute atomic E-state index is 0.0216. The Kier molecular flexibility index (Phi) is 4.67. The molecule has 0 saturated heterocycles. The Bertz CT molecular complexity index is 511. The quantitative estimate of drug-likeness (QED) is 0.908. The van der Waals surface area contributed by atoms with Crippen LogP contribution in [0.25, 0.3) is 0 Å². The first-order valence-corrected chi connectivity index (χ1v) is 7.05. The fraction of sp³-hybridized carbons (Fsp3) is 0.455. The fourth-order valence-corrected chi connectivity index (χ4v) is 2.64. The molecule has 0 spiro atoms. The second kappa shape index (κ2) is 5.68. The molecule has 19 heavy (non-hydrogen) atoms. The molecule has 0 aliphatic rings. The molecule has 1 aromatic rings. The van der Waals surface area contributed by atoms with Crippen LogP contribution in [0.15, 0.2) is 24.3 Å². The van der Waals surface area contributed by atoms with Crippen LogP contribution in [0.5, 0.6) is 5.75 Å². The average Bonchev–Trinajstić information content (AvgIpc) is 2.27. The standard InChI is InChI=1S/C11H14F3NO3S/c1-15(9-3-5-10(16)6-4-9)19(17,18)8-2-7-11(12,13)14/h3-6,16H,2,7-8H2,1H3. The number of hydrogen-bond donors (Lipinski definition) is 1. The van der Waals surface area contributed by atoms with Gasteiger partial charge in [0.1, 0.15) is 5.75 Å². The second-order valence-corrected chi connectivity index (χ2v) is 6.14. The van der Waals surface area contributed by atoms with Crippen molar-refractivity contribution >= 4 is 15.7 Å². The van der Waals surface area contributed by atoms with E-state index in [1.54, 1.807) is 0 Å². The summed E-state index contributed by atoms with van der Waals surface area (Å²) in [6.45, 7) is 0. The van der Waals surface area contributed by atoms with Gasteiger partial charge in [-0.2, -0.15) is 13.2 Å². The molecular weight excluding hydrogens is 283 g/mol. The molecule has 4 nitrogen and oxygen atoms in total. The first-order chi connectivity index (χ1) is 8.62. The molecule has 0 heterocycles. The van der Waals surface area contributed by atoms with Crippen molar-refractivity contribution in [3.05, 3.63) is 24.3 Å². The topological polar surface area (TPSA) is 57.6 Å². The molecule has 0 aromatic heterocycles. The van der Waals surface area contributed by atoms with Gasteiger partial charge in [0.05, 0.1) is 11.4 Å². The SMILES string of the molecule is CN(c1ccc(O)cc1)S(=O)(=O)CCCC(F)(F)F. The van der Waals surface area contributed by atoms with Crippen molar-refractivity contribution in [2.75, 3.05) is 17.1 Å². The van der Waals surface area contributed by atoms with Crippen molar-refractivity contribution in [2.24, 2.45) is 0 Å². The summed E-state index contributed by atoms with van der Waals surface area (Å²) in [4.78, 5) is 0. The molecule has 0 fully saturated rings. The van der Waals surface area contributed by atoms with Crippen LogP contribution in [0.3, 0.4) is 0 Å². The van der Waals surface area contributed by atoms with Crippen LogP contribution in [0.1, 0.15) is 12.8 Å². The Morgan fingerprint density at radius 1 is 1.21 bits per heavy atom. The molecule has 1 rings (SSSR count). The summed E-state index contributed by atoms with van der Waals surface area (Å²) < 4.78 is 60.4. The van der Waals surface area contributed by atoms with Crippen LogP contribution in [-0.4, -0.2) is 32.5 Å². The van der Waals surface area contributed by atoms with E-state index in [4.69, 9.17) is 5.11 Å². The fourth-order valence-electron chi connectivity index (χ4n) is 1.42. The normalized spacial score (nSPS) is 12.4.